The summed E-state index contributed by atoms with van der Waals surface area (Å²) in [6.45, 7) is 5.10. The van der Waals surface area contributed by atoms with Crippen molar-refractivity contribution in [1.82, 2.24) is 0 Å². The summed E-state index contributed by atoms with van der Waals surface area (Å²) in [5, 5.41) is 0. The van der Waals surface area contributed by atoms with Crippen LogP contribution in [0.15, 0.2) is 66.7 Å². The van der Waals surface area contributed by atoms with Crippen molar-refractivity contribution in [3.63, 3.8) is 0 Å². The molecule has 0 saturated heterocycles. The Balaban J connectivity index is 1.42. The molecule has 0 N–H and O–H groups in total. The topological polar surface area (TPSA) is 18.5 Å². The van der Waals surface area contributed by atoms with Gasteiger partial charge in [0.1, 0.15) is 11.5 Å². The van der Waals surface area contributed by atoms with Gasteiger partial charge in [0.05, 0.1) is 13.7 Å². The molecular weight excluding hydrogens is 368 g/mol. The third-order valence-corrected chi connectivity index (χ3v) is 5.69. The highest BCUT2D eigenvalue weighted by atomic mass is 16.5. The minimum absolute atomic E-state index is 0.773. The van der Waals surface area contributed by atoms with E-state index >= 15 is 0 Å². The molecule has 0 spiro atoms. The van der Waals surface area contributed by atoms with Crippen molar-refractivity contribution in [3.05, 3.63) is 83.4 Å². The number of rotatable bonds is 11. The van der Waals surface area contributed by atoms with Gasteiger partial charge in [-0.1, -0.05) is 73.9 Å². The highest BCUT2D eigenvalue weighted by Gasteiger charge is 2.11. The highest BCUT2D eigenvalue weighted by Crippen LogP contribution is 2.35. The lowest BCUT2D eigenvalue weighted by molar-refractivity contribution is 0.305. The van der Waals surface area contributed by atoms with Crippen molar-refractivity contribution in [1.29, 1.82) is 0 Å². The van der Waals surface area contributed by atoms with Crippen LogP contribution in [0, 0.1) is 13.8 Å². The van der Waals surface area contributed by atoms with Crippen molar-refractivity contribution in [2.75, 3.05) is 13.7 Å². The van der Waals surface area contributed by atoms with Gasteiger partial charge >= 0.3 is 0 Å². The summed E-state index contributed by atoms with van der Waals surface area (Å²) >= 11 is 0. The Labute approximate surface area is 181 Å². The van der Waals surface area contributed by atoms with Crippen molar-refractivity contribution >= 4 is 0 Å². The van der Waals surface area contributed by atoms with Gasteiger partial charge in [0.2, 0.25) is 0 Å². The van der Waals surface area contributed by atoms with Gasteiger partial charge < -0.3 is 9.47 Å². The van der Waals surface area contributed by atoms with Gasteiger partial charge in [-0.25, -0.2) is 0 Å². The highest BCUT2D eigenvalue weighted by molar-refractivity contribution is 5.76. The minimum Gasteiger partial charge on any atom is -0.496 e. The van der Waals surface area contributed by atoms with E-state index in [1.54, 1.807) is 7.11 Å². The Kier molecular flexibility index (Phi) is 8.38. The van der Waals surface area contributed by atoms with Crippen molar-refractivity contribution < 1.29 is 9.47 Å². The maximum absolute atomic E-state index is 6.22. The summed E-state index contributed by atoms with van der Waals surface area (Å²) in [5.74, 6) is 2.01. The maximum Gasteiger partial charge on any atom is 0.127 e. The van der Waals surface area contributed by atoms with E-state index in [4.69, 9.17) is 9.47 Å². The number of hydrogen-bond donors (Lipinski definition) is 0. The molecule has 30 heavy (non-hydrogen) atoms. The van der Waals surface area contributed by atoms with Crippen LogP contribution in [0.3, 0.4) is 0 Å². The summed E-state index contributed by atoms with van der Waals surface area (Å²) < 4.78 is 11.7. The van der Waals surface area contributed by atoms with Gasteiger partial charge in [-0.15, -0.1) is 0 Å². The van der Waals surface area contributed by atoms with Crippen molar-refractivity contribution in [3.8, 4) is 22.6 Å². The summed E-state index contributed by atoms with van der Waals surface area (Å²) in [6, 6.07) is 23.2. The molecule has 0 bridgehead atoms. The first kappa shape index (κ1) is 22.0. The van der Waals surface area contributed by atoms with Crippen molar-refractivity contribution in [2.45, 2.75) is 52.4 Å². The van der Waals surface area contributed by atoms with Crippen molar-refractivity contribution in [2.24, 2.45) is 0 Å². The van der Waals surface area contributed by atoms with E-state index in [0.29, 0.717) is 0 Å². The molecule has 0 saturated carbocycles. The van der Waals surface area contributed by atoms with E-state index in [1.165, 1.54) is 53.5 Å². The Bertz CT molecular complexity index is 929. The molecule has 158 valence electrons. The van der Waals surface area contributed by atoms with Crippen LogP contribution < -0.4 is 9.47 Å². The van der Waals surface area contributed by atoms with Gasteiger partial charge in [-0.3, -0.25) is 0 Å². The third-order valence-electron chi connectivity index (χ3n) is 5.69. The molecule has 0 heterocycles. The molecule has 3 rings (SSSR count). The van der Waals surface area contributed by atoms with Crippen LogP contribution in [-0.2, 0) is 6.42 Å². The van der Waals surface area contributed by atoms with Crippen LogP contribution >= 0.6 is 0 Å². The molecule has 0 radical (unpaired) electrons. The van der Waals surface area contributed by atoms with E-state index in [1.807, 2.05) is 12.1 Å². The number of unbranched alkanes of at least 4 members (excludes halogenated alkanes) is 4. The van der Waals surface area contributed by atoms with Crippen LogP contribution in [0.4, 0.5) is 0 Å². The van der Waals surface area contributed by atoms with E-state index in [2.05, 4.69) is 68.4 Å². The first-order valence-electron chi connectivity index (χ1n) is 11.1. The lowest BCUT2D eigenvalue weighted by Gasteiger charge is -2.16. The van der Waals surface area contributed by atoms with E-state index in [9.17, 15) is 0 Å². The van der Waals surface area contributed by atoms with Crippen LogP contribution in [-0.4, -0.2) is 13.7 Å². The second-order valence-electron chi connectivity index (χ2n) is 7.94. The van der Waals surface area contributed by atoms with Gasteiger partial charge in [-0.05, 0) is 67.5 Å². The molecule has 3 aromatic rings. The smallest absolute Gasteiger partial charge is 0.127 e. The molecule has 0 aliphatic carbocycles. The Morgan fingerprint density at radius 1 is 0.633 bits per heavy atom. The first-order chi connectivity index (χ1) is 14.7. The fourth-order valence-electron chi connectivity index (χ4n) is 4.00. The monoisotopic (exact) mass is 402 g/mol. The zero-order valence-corrected chi connectivity index (χ0v) is 18.6. The SMILES string of the molecule is COc1ccccc1CCCCCCCOc1cccc(C)c1-c1ccccc1C. The average Bonchev–Trinajstić information content (AvgIpc) is 2.76. The zero-order chi connectivity index (χ0) is 21.2. The second kappa shape index (κ2) is 11.4. The Hall–Kier alpha value is -2.74. The minimum atomic E-state index is 0.773. The average molecular weight is 403 g/mol. The number of aryl methyl sites for hydroxylation is 3. The lowest BCUT2D eigenvalue weighted by atomic mass is 9.96. The zero-order valence-electron chi connectivity index (χ0n) is 18.6. The lowest BCUT2D eigenvalue weighted by Crippen LogP contribution is -2.00. The van der Waals surface area contributed by atoms with Crippen LogP contribution in [0.5, 0.6) is 11.5 Å². The normalized spacial score (nSPS) is 10.8. The molecule has 0 unspecified atom stereocenters. The van der Waals surface area contributed by atoms with E-state index in [0.717, 1.165) is 30.9 Å². The van der Waals surface area contributed by atoms with E-state index in [-0.39, 0.29) is 0 Å². The molecule has 0 aliphatic rings. The van der Waals surface area contributed by atoms with Gasteiger partial charge in [-0.2, -0.15) is 0 Å². The fraction of sp³-hybridized carbons (Fsp3) is 0.357. The van der Waals surface area contributed by atoms with Gasteiger partial charge in [0, 0.05) is 5.56 Å². The molecule has 0 atom stereocenters. The summed E-state index contributed by atoms with van der Waals surface area (Å²) in [5.41, 5.74) is 6.35. The predicted octanol–water partition coefficient (Wildman–Crippen LogP) is 7.55. The molecule has 0 fully saturated rings. The number of methoxy groups -OCH3 is 1. The number of benzene rings is 3. The molecule has 0 aliphatic heterocycles. The standard InChI is InChI=1S/C28H34O2/c1-22-14-8-10-18-25(22)28-23(2)15-13-20-27(28)30-21-12-6-4-5-7-16-24-17-9-11-19-26(24)29-3/h8-11,13-15,17-20H,4-7,12,16,21H2,1-3H3. The van der Waals surface area contributed by atoms with Crippen LogP contribution in [0.2, 0.25) is 0 Å². The van der Waals surface area contributed by atoms with Gasteiger partial charge in [0.25, 0.3) is 0 Å². The molecule has 2 nitrogen and oxygen atoms in total. The van der Waals surface area contributed by atoms with Gasteiger partial charge in [0.15, 0.2) is 0 Å². The van der Waals surface area contributed by atoms with Crippen LogP contribution in [0.25, 0.3) is 11.1 Å². The number of ether oxygens (including phenoxy) is 2. The largest absolute Gasteiger partial charge is 0.496 e. The Morgan fingerprint density at radius 3 is 2.13 bits per heavy atom. The molecule has 2 heteroatoms. The molecule has 0 amide bonds. The van der Waals surface area contributed by atoms with E-state index < -0.39 is 0 Å². The quantitative estimate of drug-likeness (QED) is 0.308. The molecule has 0 aromatic heterocycles. The van der Waals surface area contributed by atoms with Crippen LogP contribution in [0.1, 0.15) is 48.8 Å². The first-order valence-corrected chi connectivity index (χ1v) is 11.1. The molecule has 3 aromatic carbocycles. The second-order valence-corrected chi connectivity index (χ2v) is 7.94. The summed E-state index contributed by atoms with van der Waals surface area (Å²) in [7, 11) is 1.75. The predicted molar refractivity (Wildman–Crippen MR) is 127 cm³/mol. The number of hydrogen-bond acceptors (Lipinski definition) is 2. The fourth-order valence-corrected chi connectivity index (χ4v) is 4.00. The third kappa shape index (κ3) is 5.89. The summed E-state index contributed by atoms with van der Waals surface area (Å²) in [6.07, 6.45) is 7.08. The molecular formula is C28H34O2. The number of para-hydroxylation sites is 1. The Morgan fingerprint density at radius 2 is 1.30 bits per heavy atom. The maximum atomic E-state index is 6.22. The summed E-state index contributed by atoms with van der Waals surface area (Å²) in [4.78, 5) is 0.